The van der Waals surface area contributed by atoms with E-state index in [1.165, 1.54) is 17.7 Å². The minimum atomic E-state index is -0.400. The summed E-state index contributed by atoms with van der Waals surface area (Å²) in [6.45, 7) is 4.15. The van der Waals surface area contributed by atoms with Gasteiger partial charge in [-0.3, -0.25) is 0 Å². The molecule has 2 aromatic heterocycles. The van der Waals surface area contributed by atoms with Crippen molar-refractivity contribution in [3.63, 3.8) is 0 Å². The molecular weight excluding hydrogens is 195 g/mol. The molecule has 15 heavy (non-hydrogen) atoms. The fraction of sp³-hybridized carbons (Fsp3) is 0.364. The monoisotopic (exact) mass is 208 g/mol. The third kappa shape index (κ3) is 1.46. The Morgan fingerprint density at radius 2 is 2.13 bits per heavy atom. The summed E-state index contributed by atoms with van der Waals surface area (Å²) in [6, 6.07) is 3.13. The Kier molecular flexibility index (Phi) is 2.34. The number of ether oxygens (including phenoxy) is 1. The summed E-state index contributed by atoms with van der Waals surface area (Å²) in [5.41, 5.74) is 1.98. The van der Waals surface area contributed by atoms with Crippen molar-refractivity contribution < 1.29 is 9.13 Å². The zero-order valence-corrected chi connectivity index (χ0v) is 8.99. The van der Waals surface area contributed by atoms with Gasteiger partial charge in [-0.05, 0) is 18.1 Å². The van der Waals surface area contributed by atoms with Gasteiger partial charge in [-0.1, -0.05) is 13.8 Å². The van der Waals surface area contributed by atoms with Crippen molar-refractivity contribution in [1.82, 2.24) is 9.61 Å². The summed E-state index contributed by atoms with van der Waals surface area (Å²) in [5.74, 6) is 0.112. The van der Waals surface area contributed by atoms with Gasteiger partial charge in [0.05, 0.1) is 18.8 Å². The predicted octanol–water partition coefficient (Wildman–Crippen LogP) is 2.61. The van der Waals surface area contributed by atoms with E-state index in [0.717, 1.165) is 11.1 Å². The topological polar surface area (TPSA) is 26.5 Å². The summed E-state index contributed by atoms with van der Waals surface area (Å²) < 4.78 is 19.8. The van der Waals surface area contributed by atoms with Crippen LogP contribution in [0, 0.1) is 5.82 Å². The summed E-state index contributed by atoms with van der Waals surface area (Å²) in [7, 11) is 1.44. The molecule has 4 heteroatoms. The molecule has 2 heterocycles. The summed E-state index contributed by atoms with van der Waals surface area (Å²) in [4.78, 5) is 0. The van der Waals surface area contributed by atoms with Gasteiger partial charge in [0.25, 0.3) is 5.88 Å². The summed E-state index contributed by atoms with van der Waals surface area (Å²) in [6.07, 6.45) is 1.75. The van der Waals surface area contributed by atoms with Crippen LogP contribution in [0.5, 0.6) is 5.88 Å². The lowest BCUT2D eigenvalue weighted by Gasteiger charge is -2.06. The molecule has 0 saturated heterocycles. The second-order valence-corrected chi connectivity index (χ2v) is 3.74. The van der Waals surface area contributed by atoms with Crippen molar-refractivity contribution in [3.05, 3.63) is 29.7 Å². The number of nitrogens with zero attached hydrogens (tertiary/aromatic N) is 2. The van der Waals surface area contributed by atoms with Crippen LogP contribution in [0.3, 0.4) is 0 Å². The molecule has 0 radical (unpaired) electrons. The van der Waals surface area contributed by atoms with Gasteiger partial charge < -0.3 is 4.74 Å². The Morgan fingerprint density at radius 1 is 1.40 bits per heavy atom. The van der Waals surface area contributed by atoms with Gasteiger partial charge in [-0.2, -0.15) is 9.61 Å². The van der Waals surface area contributed by atoms with Crippen molar-refractivity contribution in [2.45, 2.75) is 19.8 Å². The van der Waals surface area contributed by atoms with Crippen LogP contribution < -0.4 is 4.74 Å². The first-order valence-electron chi connectivity index (χ1n) is 4.85. The van der Waals surface area contributed by atoms with E-state index >= 15 is 0 Å². The molecule has 0 aliphatic carbocycles. The van der Waals surface area contributed by atoms with E-state index in [1.807, 2.05) is 0 Å². The predicted molar refractivity (Wildman–Crippen MR) is 55.8 cm³/mol. The van der Waals surface area contributed by atoms with E-state index in [9.17, 15) is 4.39 Å². The van der Waals surface area contributed by atoms with Crippen LogP contribution in [0.1, 0.15) is 25.3 Å². The fourth-order valence-corrected chi connectivity index (χ4v) is 1.65. The second-order valence-electron chi connectivity index (χ2n) is 3.74. The number of pyridine rings is 1. The molecule has 0 spiro atoms. The molecular formula is C11H13FN2O. The quantitative estimate of drug-likeness (QED) is 0.758. The number of hydrogen-bond donors (Lipinski definition) is 0. The Bertz CT molecular complexity index is 491. The molecule has 0 unspecified atom stereocenters. The smallest absolute Gasteiger partial charge is 0.251 e. The highest BCUT2D eigenvalue weighted by atomic mass is 19.1. The molecule has 0 saturated carbocycles. The molecule has 0 amide bonds. The van der Waals surface area contributed by atoms with Gasteiger partial charge in [0.2, 0.25) is 0 Å². The van der Waals surface area contributed by atoms with Gasteiger partial charge in [0.1, 0.15) is 0 Å². The van der Waals surface area contributed by atoms with Gasteiger partial charge in [0.15, 0.2) is 5.82 Å². The first-order chi connectivity index (χ1) is 7.15. The van der Waals surface area contributed by atoms with E-state index in [0.29, 0.717) is 5.92 Å². The molecule has 0 aromatic carbocycles. The second kappa shape index (κ2) is 3.53. The highest BCUT2D eigenvalue weighted by Crippen LogP contribution is 2.25. The number of hydrogen-bond acceptors (Lipinski definition) is 2. The molecule has 80 valence electrons. The van der Waals surface area contributed by atoms with Gasteiger partial charge in [-0.15, -0.1) is 0 Å². The maximum absolute atomic E-state index is 13.3. The molecule has 0 atom stereocenters. The first-order valence-corrected chi connectivity index (χ1v) is 4.85. The Balaban J connectivity index is 2.74. The first kappa shape index (κ1) is 9.96. The van der Waals surface area contributed by atoms with Crippen LogP contribution in [0.2, 0.25) is 0 Å². The number of rotatable bonds is 2. The van der Waals surface area contributed by atoms with Gasteiger partial charge in [0, 0.05) is 5.56 Å². The zero-order chi connectivity index (χ0) is 11.0. The third-order valence-corrected chi connectivity index (χ3v) is 2.44. The van der Waals surface area contributed by atoms with Crippen LogP contribution in [-0.4, -0.2) is 16.7 Å². The van der Waals surface area contributed by atoms with Crippen LogP contribution in [-0.2, 0) is 0 Å². The van der Waals surface area contributed by atoms with Crippen LogP contribution in [0.15, 0.2) is 18.3 Å². The Morgan fingerprint density at radius 3 is 2.73 bits per heavy atom. The zero-order valence-electron chi connectivity index (χ0n) is 8.99. The average Bonchev–Trinajstić information content (AvgIpc) is 2.61. The standard InChI is InChI=1S/C11H13FN2O/c1-7(2)8-6-13-14-10(8)5-4-9(12)11(14)15-3/h4-7H,1-3H3. The summed E-state index contributed by atoms with van der Waals surface area (Å²) >= 11 is 0. The number of fused-ring (bicyclic) bond motifs is 1. The average molecular weight is 208 g/mol. The fourth-order valence-electron chi connectivity index (χ4n) is 1.65. The van der Waals surface area contributed by atoms with Crippen LogP contribution in [0.25, 0.3) is 5.52 Å². The van der Waals surface area contributed by atoms with Crippen LogP contribution >= 0.6 is 0 Å². The van der Waals surface area contributed by atoms with Gasteiger partial charge in [-0.25, -0.2) is 4.39 Å². The van der Waals surface area contributed by atoms with Crippen LogP contribution in [0.4, 0.5) is 4.39 Å². The lowest BCUT2D eigenvalue weighted by molar-refractivity contribution is 0.357. The summed E-state index contributed by atoms with van der Waals surface area (Å²) in [5, 5.41) is 4.12. The highest BCUT2D eigenvalue weighted by molar-refractivity contribution is 5.56. The molecule has 0 fully saturated rings. The van der Waals surface area contributed by atoms with E-state index in [2.05, 4.69) is 18.9 Å². The molecule has 0 bridgehead atoms. The Hall–Kier alpha value is -1.58. The van der Waals surface area contributed by atoms with E-state index in [-0.39, 0.29) is 5.88 Å². The van der Waals surface area contributed by atoms with E-state index < -0.39 is 5.82 Å². The van der Waals surface area contributed by atoms with E-state index in [4.69, 9.17) is 4.74 Å². The maximum atomic E-state index is 13.3. The number of halogens is 1. The van der Waals surface area contributed by atoms with E-state index in [1.54, 1.807) is 12.3 Å². The SMILES string of the molecule is COc1c(F)ccc2c(C(C)C)cnn12. The van der Waals surface area contributed by atoms with Crippen molar-refractivity contribution in [1.29, 1.82) is 0 Å². The minimum absolute atomic E-state index is 0.152. The van der Waals surface area contributed by atoms with Crippen molar-refractivity contribution in [2.75, 3.05) is 7.11 Å². The molecule has 3 nitrogen and oxygen atoms in total. The van der Waals surface area contributed by atoms with Crippen molar-refractivity contribution >= 4 is 5.52 Å². The minimum Gasteiger partial charge on any atom is -0.479 e. The normalized spacial score (nSPS) is 11.3. The molecule has 0 N–H and O–H groups in total. The van der Waals surface area contributed by atoms with Crippen molar-refractivity contribution in [3.8, 4) is 5.88 Å². The van der Waals surface area contributed by atoms with Crippen molar-refractivity contribution in [2.24, 2.45) is 0 Å². The Labute approximate surface area is 87.5 Å². The number of methoxy groups -OCH3 is 1. The molecule has 0 aliphatic rings. The molecule has 2 rings (SSSR count). The molecule has 2 aromatic rings. The lowest BCUT2D eigenvalue weighted by Crippen LogP contribution is -1.99. The third-order valence-electron chi connectivity index (χ3n) is 2.44. The number of aromatic nitrogens is 2. The largest absolute Gasteiger partial charge is 0.479 e. The van der Waals surface area contributed by atoms with Gasteiger partial charge >= 0.3 is 0 Å². The molecule has 0 aliphatic heterocycles. The highest BCUT2D eigenvalue weighted by Gasteiger charge is 2.13. The maximum Gasteiger partial charge on any atom is 0.251 e. The lowest BCUT2D eigenvalue weighted by atomic mass is 10.1.